The van der Waals surface area contributed by atoms with Gasteiger partial charge in [-0.3, -0.25) is 9.59 Å². The van der Waals surface area contributed by atoms with Crippen LogP contribution in [0.2, 0.25) is 0 Å². The Kier molecular flexibility index (Phi) is 9.19. The topological polar surface area (TPSA) is 61.4 Å². The van der Waals surface area contributed by atoms with E-state index in [0.29, 0.717) is 18.8 Å². The molecule has 0 aliphatic heterocycles. The number of carbonyl (C=O) groups is 2. The summed E-state index contributed by atoms with van der Waals surface area (Å²) in [5.41, 5.74) is 4.10. The second-order valence-electron chi connectivity index (χ2n) is 8.49. The molecule has 1 atom stereocenters. The first-order valence-electron chi connectivity index (χ1n) is 10.7. The van der Waals surface area contributed by atoms with Gasteiger partial charge in [0.05, 0.1) is 5.92 Å². The standard InChI is InChI=1S/C25H33N3O2S/c1-17(2)16-20-6-11-21(12-7-20)18(3)24(30)27-25(31)26-22-13-8-19(9-14-22)10-15-23(29)28(4)5/h6-9,11-14,17-18H,10,15-16H2,1-5H3,(H2,26,27,30,31). The molecule has 0 radical (unpaired) electrons. The summed E-state index contributed by atoms with van der Waals surface area (Å²) in [4.78, 5) is 25.9. The van der Waals surface area contributed by atoms with Crippen LogP contribution < -0.4 is 10.6 Å². The molecule has 0 aliphatic rings. The molecule has 1 unspecified atom stereocenters. The van der Waals surface area contributed by atoms with Crippen molar-refractivity contribution in [3.8, 4) is 0 Å². The third-order valence-electron chi connectivity index (χ3n) is 5.09. The molecule has 0 bridgehead atoms. The van der Waals surface area contributed by atoms with Crippen LogP contribution in [0.3, 0.4) is 0 Å². The van der Waals surface area contributed by atoms with Gasteiger partial charge < -0.3 is 15.5 Å². The van der Waals surface area contributed by atoms with Gasteiger partial charge in [-0.1, -0.05) is 50.2 Å². The van der Waals surface area contributed by atoms with E-state index in [1.165, 1.54) is 5.56 Å². The zero-order valence-electron chi connectivity index (χ0n) is 19.1. The van der Waals surface area contributed by atoms with Gasteiger partial charge in [-0.25, -0.2) is 0 Å². The van der Waals surface area contributed by atoms with Gasteiger partial charge in [0, 0.05) is 26.2 Å². The fraction of sp³-hybridized carbons (Fsp3) is 0.400. The number of nitrogens with one attached hydrogen (secondary N) is 2. The molecule has 0 saturated carbocycles. The molecule has 2 rings (SSSR count). The smallest absolute Gasteiger partial charge is 0.233 e. The monoisotopic (exact) mass is 439 g/mol. The normalized spacial score (nSPS) is 11.7. The molecule has 2 aromatic rings. The van der Waals surface area contributed by atoms with Gasteiger partial charge in [0.15, 0.2) is 5.11 Å². The Morgan fingerprint density at radius 2 is 1.52 bits per heavy atom. The highest BCUT2D eigenvalue weighted by molar-refractivity contribution is 7.80. The predicted molar refractivity (Wildman–Crippen MR) is 131 cm³/mol. The van der Waals surface area contributed by atoms with Crippen LogP contribution in [0, 0.1) is 5.92 Å². The summed E-state index contributed by atoms with van der Waals surface area (Å²) in [6, 6.07) is 15.9. The Labute approximate surface area is 191 Å². The van der Waals surface area contributed by atoms with Crippen molar-refractivity contribution < 1.29 is 9.59 Å². The minimum absolute atomic E-state index is 0.106. The highest BCUT2D eigenvalue weighted by atomic mass is 32.1. The number of carbonyl (C=O) groups excluding carboxylic acids is 2. The SMILES string of the molecule is CC(C)Cc1ccc(C(C)C(=O)NC(=S)Nc2ccc(CCC(=O)N(C)C)cc2)cc1. The molecule has 0 aliphatic carbocycles. The number of benzene rings is 2. The molecule has 2 N–H and O–H groups in total. The molecule has 2 aromatic carbocycles. The predicted octanol–water partition coefficient (Wildman–Crippen LogP) is 4.52. The average Bonchev–Trinajstić information content (AvgIpc) is 2.72. The van der Waals surface area contributed by atoms with Gasteiger partial charge in [-0.05, 0) is 66.7 Å². The maximum absolute atomic E-state index is 12.6. The van der Waals surface area contributed by atoms with Crippen LogP contribution in [0.1, 0.15) is 49.8 Å². The second kappa shape index (κ2) is 11.6. The van der Waals surface area contributed by atoms with Gasteiger partial charge in [-0.15, -0.1) is 0 Å². The van der Waals surface area contributed by atoms with Crippen LogP contribution in [0.5, 0.6) is 0 Å². The van der Waals surface area contributed by atoms with Crippen molar-refractivity contribution in [1.29, 1.82) is 0 Å². The number of aryl methyl sites for hydroxylation is 1. The van der Waals surface area contributed by atoms with Crippen LogP contribution in [0.15, 0.2) is 48.5 Å². The van der Waals surface area contributed by atoms with E-state index in [-0.39, 0.29) is 22.8 Å². The fourth-order valence-corrected chi connectivity index (χ4v) is 3.40. The second-order valence-corrected chi connectivity index (χ2v) is 8.90. The van der Waals surface area contributed by atoms with Gasteiger partial charge in [-0.2, -0.15) is 0 Å². The Morgan fingerprint density at radius 1 is 0.935 bits per heavy atom. The zero-order chi connectivity index (χ0) is 23.0. The lowest BCUT2D eigenvalue weighted by Gasteiger charge is -2.15. The molecule has 0 heterocycles. The Balaban J connectivity index is 1.85. The van der Waals surface area contributed by atoms with Crippen LogP contribution >= 0.6 is 12.2 Å². The lowest BCUT2D eigenvalue weighted by atomic mass is 9.96. The Morgan fingerprint density at radius 3 is 2.06 bits per heavy atom. The van der Waals surface area contributed by atoms with Crippen molar-refractivity contribution in [3.05, 3.63) is 65.2 Å². The molecular formula is C25H33N3O2S. The van der Waals surface area contributed by atoms with Gasteiger partial charge >= 0.3 is 0 Å². The molecule has 0 fully saturated rings. The number of amides is 2. The number of thiocarbonyl (C=S) groups is 1. The number of anilines is 1. The summed E-state index contributed by atoms with van der Waals surface area (Å²) in [6.07, 6.45) is 2.19. The van der Waals surface area contributed by atoms with E-state index in [1.807, 2.05) is 43.3 Å². The first kappa shape index (κ1) is 24.5. The lowest BCUT2D eigenvalue weighted by Crippen LogP contribution is -2.36. The van der Waals surface area contributed by atoms with E-state index in [0.717, 1.165) is 23.2 Å². The average molecular weight is 440 g/mol. The van der Waals surface area contributed by atoms with E-state index >= 15 is 0 Å². The summed E-state index contributed by atoms with van der Waals surface area (Å²) in [7, 11) is 3.51. The third-order valence-corrected chi connectivity index (χ3v) is 5.30. The van der Waals surface area contributed by atoms with E-state index in [4.69, 9.17) is 12.2 Å². The van der Waals surface area contributed by atoms with Crippen LogP contribution in [-0.2, 0) is 22.4 Å². The summed E-state index contributed by atoms with van der Waals surface area (Å²) in [5.74, 6) is 0.261. The molecule has 0 saturated heterocycles. The molecule has 31 heavy (non-hydrogen) atoms. The summed E-state index contributed by atoms with van der Waals surface area (Å²) >= 11 is 5.30. The minimum atomic E-state index is -0.301. The first-order chi connectivity index (χ1) is 14.7. The van der Waals surface area contributed by atoms with Gasteiger partial charge in [0.2, 0.25) is 11.8 Å². The summed E-state index contributed by atoms with van der Waals surface area (Å²) in [5, 5.41) is 6.08. The zero-order valence-corrected chi connectivity index (χ0v) is 19.9. The molecular weight excluding hydrogens is 406 g/mol. The Bertz CT molecular complexity index is 890. The van der Waals surface area contributed by atoms with E-state index < -0.39 is 0 Å². The van der Waals surface area contributed by atoms with Crippen LogP contribution in [-0.4, -0.2) is 35.9 Å². The number of hydrogen-bond acceptors (Lipinski definition) is 3. The molecule has 2 amide bonds. The molecule has 166 valence electrons. The van der Waals surface area contributed by atoms with E-state index in [1.54, 1.807) is 19.0 Å². The Hall–Kier alpha value is -2.73. The number of hydrogen-bond donors (Lipinski definition) is 2. The van der Waals surface area contributed by atoms with Crippen molar-refractivity contribution in [1.82, 2.24) is 10.2 Å². The quantitative estimate of drug-likeness (QED) is 0.594. The van der Waals surface area contributed by atoms with E-state index in [9.17, 15) is 9.59 Å². The fourth-order valence-electron chi connectivity index (χ4n) is 3.18. The van der Waals surface area contributed by atoms with Crippen molar-refractivity contribution in [2.24, 2.45) is 5.92 Å². The van der Waals surface area contributed by atoms with E-state index in [2.05, 4.69) is 36.6 Å². The van der Waals surface area contributed by atoms with Crippen molar-refractivity contribution in [2.75, 3.05) is 19.4 Å². The van der Waals surface area contributed by atoms with Gasteiger partial charge in [0.25, 0.3) is 0 Å². The third kappa shape index (κ3) is 8.13. The van der Waals surface area contributed by atoms with Crippen LogP contribution in [0.4, 0.5) is 5.69 Å². The molecule has 5 nitrogen and oxygen atoms in total. The highest BCUT2D eigenvalue weighted by Gasteiger charge is 2.16. The summed E-state index contributed by atoms with van der Waals surface area (Å²) in [6.45, 7) is 6.26. The number of nitrogens with zero attached hydrogens (tertiary/aromatic N) is 1. The molecule has 0 spiro atoms. The van der Waals surface area contributed by atoms with Crippen molar-refractivity contribution in [3.63, 3.8) is 0 Å². The van der Waals surface area contributed by atoms with Crippen molar-refractivity contribution >= 4 is 34.8 Å². The largest absolute Gasteiger partial charge is 0.349 e. The van der Waals surface area contributed by atoms with Crippen molar-refractivity contribution in [2.45, 2.75) is 46.0 Å². The maximum Gasteiger partial charge on any atom is 0.233 e. The lowest BCUT2D eigenvalue weighted by molar-refractivity contribution is -0.128. The molecule has 6 heteroatoms. The first-order valence-corrected chi connectivity index (χ1v) is 11.1. The van der Waals surface area contributed by atoms with Crippen LogP contribution in [0.25, 0.3) is 0 Å². The summed E-state index contributed by atoms with van der Waals surface area (Å²) < 4.78 is 0. The highest BCUT2D eigenvalue weighted by Crippen LogP contribution is 2.18. The van der Waals surface area contributed by atoms with Gasteiger partial charge in [0.1, 0.15) is 0 Å². The molecule has 0 aromatic heterocycles. The number of rotatable bonds is 8. The minimum Gasteiger partial charge on any atom is -0.349 e. The maximum atomic E-state index is 12.6.